The van der Waals surface area contributed by atoms with Gasteiger partial charge in [0.25, 0.3) is 0 Å². The Kier molecular flexibility index (Phi) is 140. The van der Waals surface area contributed by atoms with Crippen LogP contribution < -0.4 is 103 Å². The van der Waals surface area contributed by atoms with Crippen LogP contribution in [-0.4, -0.2) is 27.7 Å². The van der Waals surface area contributed by atoms with Gasteiger partial charge in [0, 0.05) is 0 Å². The van der Waals surface area contributed by atoms with Gasteiger partial charge < -0.3 is 21.8 Å². The average Bonchev–Trinajstić information content (AvgIpc) is 2.06. The van der Waals surface area contributed by atoms with Crippen LogP contribution in [0.25, 0.3) is 0 Å². The molecule has 0 saturated carbocycles. The molecule has 0 bridgehead atoms. The van der Waals surface area contributed by atoms with Gasteiger partial charge in [-0.3, -0.25) is 18.9 Å². The van der Waals surface area contributed by atoms with Gasteiger partial charge in [-0.1, -0.05) is 8.86 Å². The summed E-state index contributed by atoms with van der Waals surface area (Å²) in [5.41, 5.74) is 0. The van der Waals surface area contributed by atoms with Gasteiger partial charge >= 0.3 is 103 Å². The Morgan fingerprint density at radius 3 is 1.00 bits per heavy atom. The zero-order chi connectivity index (χ0) is 9.54. The topological polar surface area (TPSA) is 51.2 Å². The minimum Gasteiger partial charge on any atom is -0.542 e. The monoisotopic (exact) mass is 474 g/mol. The molecule has 0 aliphatic heterocycles. The summed E-state index contributed by atoms with van der Waals surface area (Å²) in [6, 6.07) is 0. The van der Waals surface area contributed by atoms with Crippen LogP contribution in [-0.2, 0) is 14.4 Å². The zero-order valence-corrected chi connectivity index (χ0v) is 19.5. The van der Waals surface area contributed by atoms with Crippen LogP contribution >= 0.6 is 45.2 Å². The largest absolute Gasteiger partial charge is 1.00 e. The van der Waals surface area contributed by atoms with E-state index in [2.05, 4.69) is 0 Å². The second kappa shape index (κ2) is 54.3. The van der Waals surface area contributed by atoms with Crippen LogP contribution in [0.1, 0.15) is 6.92 Å². The molecule has 0 aromatic heterocycles. The van der Waals surface area contributed by atoms with Crippen molar-refractivity contribution in [1.82, 2.24) is 0 Å². The van der Waals surface area contributed by atoms with Crippen molar-refractivity contribution in [2.75, 3.05) is 8.86 Å². The van der Waals surface area contributed by atoms with Gasteiger partial charge in [0.1, 0.15) is 0 Å². The second-order valence-corrected chi connectivity index (χ2v) is 2.29. The molecule has 0 saturated heterocycles. The average molecular weight is 474 g/mol. The molecule has 0 aromatic carbocycles. The van der Waals surface area contributed by atoms with Crippen molar-refractivity contribution in [3.05, 3.63) is 7.43 Å². The van der Waals surface area contributed by atoms with E-state index in [1.54, 1.807) is 12.6 Å². The number of rotatable bonds is 2. The molecule has 0 aliphatic carbocycles. The van der Waals surface area contributed by atoms with Gasteiger partial charge in [0.2, 0.25) is 0 Å². The SMILES string of the molecule is C[C-]=O.O=[C-]CI.O=[C-]CI.[CH3-].[K+].[K+]. The Bertz CT molecular complexity index is 87.0. The molecule has 14 heavy (non-hydrogen) atoms. The maximum absolute atomic E-state index is 9.04. The molecule has 0 spiro atoms. The minimum atomic E-state index is 0. The zero-order valence-electron chi connectivity index (χ0n) is 8.89. The third kappa shape index (κ3) is 104. The molecular weight excluding hydrogens is 464 g/mol. The normalized spacial score (nSPS) is 4.50. The summed E-state index contributed by atoms with van der Waals surface area (Å²) in [4.78, 5) is 26.8. The third-order valence-electron chi connectivity index (χ3n) is 0.109. The molecule has 74 valence electrons. The first-order valence-electron chi connectivity index (χ1n) is 2.35. The molecular formula is C7H10I2K2O3-2. The molecule has 0 rings (SSSR count). The minimum absolute atomic E-state index is 0. The summed E-state index contributed by atoms with van der Waals surface area (Å²) < 4.78 is 0.968. The van der Waals surface area contributed by atoms with Crippen molar-refractivity contribution in [1.29, 1.82) is 0 Å². The van der Waals surface area contributed by atoms with Crippen molar-refractivity contribution in [2.45, 2.75) is 6.92 Å². The van der Waals surface area contributed by atoms with Gasteiger partial charge in [-0.15, -0.1) is 45.2 Å². The van der Waals surface area contributed by atoms with Crippen LogP contribution in [0.15, 0.2) is 0 Å². The fourth-order valence-electron chi connectivity index (χ4n) is 0. The first-order chi connectivity index (χ1) is 5.24. The van der Waals surface area contributed by atoms with E-state index in [1.165, 1.54) is 13.2 Å². The van der Waals surface area contributed by atoms with Crippen LogP contribution in [0.2, 0.25) is 0 Å². The quantitative estimate of drug-likeness (QED) is 0.176. The first kappa shape index (κ1) is 36.1. The summed E-state index contributed by atoms with van der Waals surface area (Å²) in [7, 11) is 0. The number of alkyl halides is 2. The molecule has 0 atom stereocenters. The molecule has 0 unspecified atom stereocenters. The first-order valence-corrected chi connectivity index (χ1v) is 5.41. The van der Waals surface area contributed by atoms with Crippen molar-refractivity contribution < 1.29 is 117 Å². The predicted molar refractivity (Wildman–Crippen MR) is 66.9 cm³/mol. The fraction of sp³-hybridized carbons (Fsp3) is 0.429. The maximum atomic E-state index is 9.04. The van der Waals surface area contributed by atoms with Gasteiger partial charge in [0.15, 0.2) is 0 Å². The van der Waals surface area contributed by atoms with Gasteiger partial charge in [-0.05, 0) is 0 Å². The van der Waals surface area contributed by atoms with Crippen molar-refractivity contribution in [2.24, 2.45) is 0 Å². The second-order valence-electron chi connectivity index (χ2n) is 0.760. The molecule has 0 radical (unpaired) electrons. The maximum Gasteiger partial charge on any atom is 1.00 e. The molecule has 0 N–H and O–H groups in total. The molecule has 3 nitrogen and oxygen atoms in total. The van der Waals surface area contributed by atoms with E-state index < -0.39 is 0 Å². The molecule has 7 heteroatoms. The number of hydrogen-bond acceptors (Lipinski definition) is 3. The molecule has 0 amide bonds. The summed E-state index contributed by atoms with van der Waals surface area (Å²) in [6.45, 7) is 1.32. The summed E-state index contributed by atoms with van der Waals surface area (Å²) in [5.74, 6) is 0. The summed E-state index contributed by atoms with van der Waals surface area (Å²) in [6.07, 6.45) is 4.83. The van der Waals surface area contributed by atoms with E-state index in [9.17, 15) is 0 Å². The molecule has 0 aliphatic rings. The van der Waals surface area contributed by atoms with Crippen molar-refractivity contribution in [3.8, 4) is 0 Å². The standard InChI is InChI=1S/2C2H2IO.C2H3O.CH3.2K/c2*3-1-2-4;1-2-3;;;/h2*1H2;1H3;1H3;;/q4*-1;2*+1. The molecule has 0 fully saturated rings. The van der Waals surface area contributed by atoms with E-state index in [1.807, 2.05) is 45.2 Å². The van der Waals surface area contributed by atoms with E-state index in [0.717, 1.165) is 0 Å². The fourth-order valence-corrected chi connectivity index (χ4v) is 0. The van der Waals surface area contributed by atoms with Crippen molar-refractivity contribution in [3.63, 3.8) is 0 Å². The number of hydrogen-bond donors (Lipinski definition) is 0. The smallest absolute Gasteiger partial charge is 0.542 e. The van der Waals surface area contributed by atoms with Gasteiger partial charge in [0.05, 0.1) is 0 Å². The number of carbonyl (C=O) groups excluding carboxylic acids is 3. The third-order valence-corrected chi connectivity index (χ3v) is 0.732. The Labute approximate surface area is 199 Å². The van der Waals surface area contributed by atoms with Gasteiger partial charge in [-0.25, -0.2) is 0 Å². The van der Waals surface area contributed by atoms with E-state index in [4.69, 9.17) is 14.4 Å². The Morgan fingerprint density at radius 2 is 1.00 bits per heavy atom. The Balaban J connectivity index is -0.0000000156. The molecule has 0 aromatic rings. The van der Waals surface area contributed by atoms with Gasteiger partial charge in [-0.2, -0.15) is 6.92 Å². The van der Waals surface area contributed by atoms with E-state index in [0.29, 0.717) is 8.86 Å². The van der Waals surface area contributed by atoms with E-state index in [-0.39, 0.29) is 110 Å². The summed E-state index contributed by atoms with van der Waals surface area (Å²) in [5, 5.41) is 0. The van der Waals surface area contributed by atoms with Crippen LogP contribution in [0, 0.1) is 7.43 Å². The van der Waals surface area contributed by atoms with Crippen LogP contribution in [0.3, 0.4) is 0 Å². The predicted octanol–water partition coefficient (Wildman–Crippen LogP) is -4.36. The van der Waals surface area contributed by atoms with E-state index >= 15 is 0 Å². The Morgan fingerprint density at radius 1 is 0.929 bits per heavy atom. The number of halogens is 2. The van der Waals surface area contributed by atoms with Crippen LogP contribution in [0.5, 0.6) is 0 Å². The summed E-state index contributed by atoms with van der Waals surface area (Å²) >= 11 is 3.86. The van der Waals surface area contributed by atoms with Crippen molar-refractivity contribution >= 4 is 64.0 Å². The van der Waals surface area contributed by atoms with Crippen LogP contribution in [0.4, 0.5) is 0 Å². The molecule has 0 heterocycles. The Hall–Kier alpha value is 3.74.